The Labute approximate surface area is 127 Å². The van der Waals surface area contributed by atoms with Gasteiger partial charge < -0.3 is 5.32 Å². The summed E-state index contributed by atoms with van der Waals surface area (Å²) in [6.45, 7) is 4.43. The molecule has 0 aliphatic rings. The lowest BCUT2D eigenvalue weighted by Crippen LogP contribution is -2.43. The van der Waals surface area contributed by atoms with Gasteiger partial charge in [-0.3, -0.25) is 4.79 Å². The maximum absolute atomic E-state index is 11.8. The number of amides is 1. The van der Waals surface area contributed by atoms with E-state index in [1.807, 2.05) is 44.2 Å². The smallest absolute Gasteiger partial charge is 0.224 e. The van der Waals surface area contributed by atoms with Crippen molar-refractivity contribution in [3.05, 3.63) is 35.9 Å². The quantitative estimate of drug-likeness (QED) is 0.789. The highest BCUT2D eigenvalue weighted by atomic mass is 32.2. The summed E-state index contributed by atoms with van der Waals surface area (Å²) in [7, 11) is -3.25. The topological polar surface area (TPSA) is 66.5 Å². The average molecular weight is 312 g/mol. The highest BCUT2D eigenvalue weighted by Crippen LogP contribution is 2.07. The molecule has 0 fully saturated rings. The molecule has 1 rings (SSSR count). The Morgan fingerprint density at radius 2 is 1.90 bits per heavy atom. The van der Waals surface area contributed by atoms with Crippen molar-refractivity contribution < 1.29 is 13.2 Å². The van der Waals surface area contributed by atoms with Gasteiger partial charge in [0.15, 0.2) is 0 Å². The van der Waals surface area contributed by atoms with Crippen LogP contribution < -0.4 is 5.32 Å². The molecule has 1 aromatic rings. The number of rotatable bonds is 8. The van der Waals surface area contributed by atoms with E-state index in [1.165, 1.54) is 10.6 Å². The Morgan fingerprint density at radius 3 is 2.43 bits per heavy atom. The molecule has 0 spiro atoms. The minimum absolute atomic E-state index is 0.0639. The van der Waals surface area contributed by atoms with E-state index in [9.17, 15) is 13.2 Å². The number of carbonyl (C=O) groups excluding carboxylic acids is 1. The number of benzene rings is 1. The Balaban J connectivity index is 2.45. The summed E-state index contributed by atoms with van der Waals surface area (Å²) < 4.78 is 24.8. The Kier molecular flexibility index (Phi) is 6.84. The minimum Gasteiger partial charge on any atom is -0.354 e. The summed E-state index contributed by atoms with van der Waals surface area (Å²) in [5.74, 6) is -0.0983. The molecule has 0 aliphatic heterocycles. The van der Waals surface area contributed by atoms with Crippen molar-refractivity contribution in [1.82, 2.24) is 9.62 Å². The Hall–Kier alpha value is -1.40. The van der Waals surface area contributed by atoms with Crippen molar-refractivity contribution in [3.63, 3.8) is 0 Å². The van der Waals surface area contributed by atoms with E-state index in [0.29, 0.717) is 19.5 Å². The first-order valence-corrected chi connectivity index (χ1v) is 8.97. The molecule has 5 nitrogen and oxygen atoms in total. The third-order valence-electron chi connectivity index (χ3n) is 3.37. The highest BCUT2D eigenvalue weighted by Gasteiger charge is 2.21. The zero-order valence-electron chi connectivity index (χ0n) is 12.9. The monoisotopic (exact) mass is 312 g/mol. The van der Waals surface area contributed by atoms with Crippen LogP contribution in [0.5, 0.6) is 0 Å². The van der Waals surface area contributed by atoms with Gasteiger partial charge in [-0.25, -0.2) is 8.42 Å². The van der Waals surface area contributed by atoms with Gasteiger partial charge in [0.25, 0.3) is 0 Å². The van der Waals surface area contributed by atoms with Crippen LogP contribution in [0.4, 0.5) is 0 Å². The molecule has 118 valence electrons. The fourth-order valence-corrected chi connectivity index (χ4v) is 3.29. The van der Waals surface area contributed by atoms with Crippen LogP contribution in [0.2, 0.25) is 0 Å². The van der Waals surface area contributed by atoms with Gasteiger partial charge in [0.2, 0.25) is 15.9 Å². The lowest BCUT2D eigenvalue weighted by atomic mass is 10.1. The van der Waals surface area contributed by atoms with Gasteiger partial charge in [0.05, 0.1) is 12.7 Å². The first-order chi connectivity index (χ1) is 9.84. The zero-order chi connectivity index (χ0) is 15.9. The molecule has 0 bridgehead atoms. The van der Waals surface area contributed by atoms with Crippen molar-refractivity contribution in [2.24, 2.45) is 0 Å². The molecule has 1 unspecified atom stereocenters. The largest absolute Gasteiger partial charge is 0.354 e. The summed E-state index contributed by atoms with van der Waals surface area (Å²) in [6.07, 6.45) is 2.25. The van der Waals surface area contributed by atoms with Crippen LogP contribution in [0, 0.1) is 0 Å². The van der Waals surface area contributed by atoms with E-state index in [0.717, 1.165) is 12.0 Å². The van der Waals surface area contributed by atoms with E-state index < -0.39 is 10.0 Å². The summed E-state index contributed by atoms with van der Waals surface area (Å²) in [5.41, 5.74) is 0.942. The van der Waals surface area contributed by atoms with Crippen molar-refractivity contribution in [1.29, 1.82) is 0 Å². The number of nitrogens with zero attached hydrogens (tertiary/aromatic N) is 1. The second-order valence-corrected chi connectivity index (χ2v) is 7.08. The SMILES string of the molecule is CCC(C)N(CCNC(=O)Cc1ccccc1)S(C)(=O)=O. The van der Waals surface area contributed by atoms with E-state index in [2.05, 4.69) is 5.32 Å². The second kappa shape index (κ2) is 8.14. The van der Waals surface area contributed by atoms with Crippen LogP contribution in [0.3, 0.4) is 0 Å². The molecule has 1 N–H and O–H groups in total. The van der Waals surface area contributed by atoms with Crippen molar-refractivity contribution in [2.45, 2.75) is 32.7 Å². The van der Waals surface area contributed by atoms with Crippen LogP contribution >= 0.6 is 0 Å². The van der Waals surface area contributed by atoms with Crippen LogP contribution in [-0.2, 0) is 21.2 Å². The van der Waals surface area contributed by atoms with Gasteiger partial charge in [-0.2, -0.15) is 4.31 Å². The lowest BCUT2D eigenvalue weighted by Gasteiger charge is -2.25. The van der Waals surface area contributed by atoms with Crippen molar-refractivity contribution >= 4 is 15.9 Å². The van der Waals surface area contributed by atoms with Gasteiger partial charge in [0, 0.05) is 19.1 Å². The molecule has 21 heavy (non-hydrogen) atoms. The maximum atomic E-state index is 11.8. The third kappa shape index (κ3) is 6.27. The predicted molar refractivity (Wildman–Crippen MR) is 84.5 cm³/mol. The van der Waals surface area contributed by atoms with Crippen LogP contribution in [0.1, 0.15) is 25.8 Å². The van der Waals surface area contributed by atoms with Gasteiger partial charge in [0.1, 0.15) is 0 Å². The normalized spacial score (nSPS) is 13.1. The standard InChI is InChI=1S/C15H24N2O3S/c1-4-13(2)17(21(3,19)20)11-10-16-15(18)12-14-8-6-5-7-9-14/h5-9,13H,4,10-12H2,1-3H3,(H,16,18). The van der Waals surface area contributed by atoms with Crippen LogP contribution in [0.15, 0.2) is 30.3 Å². The van der Waals surface area contributed by atoms with Crippen LogP contribution in [-0.4, -0.2) is 44.0 Å². The molecule has 0 aromatic heterocycles. The molecular formula is C15H24N2O3S. The molecule has 0 radical (unpaired) electrons. The molecule has 1 amide bonds. The van der Waals surface area contributed by atoms with Crippen molar-refractivity contribution in [3.8, 4) is 0 Å². The first kappa shape index (κ1) is 17.7. The predicted octanol–water partition coefficient (Wildman–Crippen LogP) is 1.41. The van der Waals surface area contributed by atoms with Crippen LogP contribution in [0.25, 0.3) is 0 Å². The average Bonchev–Trinajstić information content (AvgIpc) is 2.42. The van der Waals surface area contributed by atoms with Gasteiger partial charge in [-0.05, 0) is 18.9 Å². The Morgan fingerprint density at radius 1 is 1.29 bits per heavy atom. The molecule has 0 heterocycles. The van der Waals surface area contributed by atoms with Gasteiger partial charge in [-0.1, -0.05) is 37.3 Å². The number of carbonyl (C=O) groups is 1. The van der Waals surface area contributed by atoms with E-state index in [4.69, 9.17) is 0 Å². The summed E-state index contributed by atoms with van der Waals surface area (Å²) in [4.78, 5) is 11.8. The molecule has 0 saturated carbocycles. The third-order valence-corrected chi connectivity index (χ3v) is 4.76. The van der Waals surface area contributed by atoms with Crippen molar-refractivity contribution in [2.75, 3.05) is 19.3 Å². The summed E-state index contributed by atoms with van der Waals surface area (Å²) in [5, 5.41) is 2.77. The summed E-state index contributed by atoms with van der Waals surface area (Å²) in [6, 6.07) is 9.39. The number of hydrogen-bond acceptors (Lipinski definition) is 3. The Bertz CT molecular complexity index is 543. The second-order valence-electron chi connectivity index (χ2n) is 5.14. The van der Waals surface area contributed by atoms with Gasteiger partial charge in [-0.15, -0.1) is 0 Å². The number of sulfonamides is 1. The number of hydrogen-bond donors (Lipinski definition) is 1. The minimum atomic E-state index is -3.25. The molecule has 0 saturated heterocycles. The fourth-order valence-electron chi connectivity index (χ4n) is 2.07. The van der Waals surface area contributed by atoms with Gasteiger partial charge >= 0.3 is 0 Å². The molecule has 1 aromatic carbocycles. The molecular weight excluding hydrogens is 288 g/mol. The molecule has 6 heteroatoms. The molecule has 1 atom stereocenters. The number of nitrogens with one attached hydrogen (secondary N) is 1. The molecule has 0 aliphatic carbocycles. The van der Waals surface area contributed by atoms with E-state index >= 15 is 0 Å². The summed E-state index contributed by atoms with van der Waals surface area (Å²) >= 11 is 0. The van der Waals surface area contributed by atoms with E-state index in [-0.39, 0.29) is 11.9 Å². The fraction of sp³-hybridized carbons (Fsp3) is 0.533. The maximum Gasteiger partial charge on any atom is 0.224 e. The first-order valence-electron chi connectivity index (χ1n) is 7.12. The lowest BCUT2D eigenvalue weighted by molar-refractivity contribution is -0.120. The zero-order valence-corrected chi connectivity index (χ0v) is 13.7. The highest BCUT2D eigenvalue weighted by molar-refractivity contribution is 7.88. The van der Waals surface area contributed by atoms with E-state index in [1.54, 1.807) is 0 Å².